The van der Waals surface area contributed by atoms with Crippen molar-refractivity contribution in [1.82, 2.24) is 15.5 Å². The highest BCUT2D eigenvalue weighted by atomic mass is 127. The number of hydrogen-bond acceptors (Lipinski definition) is 2. The molecule has 0 radical (unpaired) electrons. The van der Waals surface area contributed by atoms with Crippen molar-refractivity contribution in [1.29, 1.82) is 0 Å². The number of nitrogens with zero attached hydrogens (tertiary/aromatic N) is 2. The minimum absolute atomic E-state index is 0. The summed E-state index contributed by atoms with van der Waals surface area (Å²) >= 11 is 0. The van der Waals surface area contributed by atoms with Gasteiger partial charge in [0.05, 0.1) is 0 Å². The second kappa shape index (κ2) is 9.61. The lowest BCUT2D eigenvalue weighted by molar-refractivity contribution is 0.158. The molecule has 1 saturated heterocycles. The third-order valence-corrected chi connectivity index (χ3v) is 5.37. The third-order valence-electron chi connectivity index (χ3n) is 5.37. The fourth-order valence-corrected chi connectivity index (χ4v) is 3.48. The van der Waals surface area contributed by atoms with Gasteiger partial charge >= 0.3 is 0 Å². The monoisotopic (exact) mass is 442 g/mol. The van der Waals surface area contributed by atoms with E-state index < -0.39 is 0 Å². The van der Waals surface area contributed by atoms with Crippen LogP contribution in [0.25, 0.3) is 0 Å². The molecule has 1 atom stereocenters. The van der Waals surface area contributed by atoms with E-state index in [-0.39, 0.29) is 24.0 Å². The first-order valence-electron chi connectivity index (χ1n) is 9.05. The molecule has 2 fully saturated rings. The molecule has 0 aromatic heterocycles. The van der Waals surface area contributed by atoms with Gasteiger partial charge in [0, 0.05) is 38.3 Å². The van der Waals surface area contributed by atoms with Crippen LogP contribution in [0.15, 0.2) is 35.3 Å². The van der Waals surface area contributed by atoms with Gasteiger partial charge in [0.25, 0.3) is 0 Å². The summed E-state index contributed by atoms with van der Waals surface area (Å²) in [6.45, 7) is 4.61. The predicted molar refractivity (Wildman–Crippen MR) is 112 cm³/mol. The standard InChI is InChI=1S/C19H30N4.HI/c1-15(16-7-4-3-5-8-16)23-13-11-18(12-14-23)22-19(20-2)21-17-9-6-10-17;/h3-5,7-8,15,17-18H,6,9-14H2,1-2H3,(H2,20,21,22);1H. The molecule has 1 aliphatic carbocycles. The van der Waals surface area contributed by atoms with Gasteiger partial charge in [0.15, 0.2) is 5.96 Å². The summed E-state index contributed by atoms with van der Waals surface area (Å²) in [7, 11) is 1.88. The maximum Gasteiger partial charge on any atom is 0.191 e. The van der Waals surface area contributed by atoms with Crippen molar-refractivity contribution in [3.05, 3.63) is 35.9 Å². The highest BCUT2D eigenvalue weighted by Gasteiger charge is 2.25. The van der Waals surface area contributed by atoms with Crippen molar-refractivity contribution in [2.45, 2.75) is 57.2 Å². The molecule has 5 heteroatoms. The SMILES string of the molecule is CN=C(NC1CCC1)NC1CCN(C(C)c2ccccc2)CC1.I. The average molecular weight is 442 g/mol. The van der Waals surface area contributed by atoms with Gasteiger partial charge < -0.3 is 10.6 Å². The molecule has 0 amide bonds. The van der Waals surface area contributed by atoms with E-state index in [0.717, 1.165) is 19.0 Å². The zero-order valence-corrected chi connectivity index (χ0v) is 17.2. The van der Waals surface area contributed by atoms with E-state index in [2.05, 4.69) is 57.8 Å². The largest absolute Gasteiger partial charge is 0.354 e. The average Bonchev–Trinajstić information content (AvgIpc) is 2.57. The number of benzene rings is 1. The zero-order valence-electron chi connectivity index (χ0n) is 14.9. The lowest BCUT2D eigenvalue weighted by Gasteiger charge is -2.37. The van der Waals surface area contributed by atoms with Crippen LogP contribution in [0.5, 0.6) is 0 Å². The summed E-state index contributed by atoms with van der Waals surface area (Å²) in [5, 5.41) is 7.15. The Labute approximate surface area is 163 Å². The number of halogens is 1. The van der Waals surface area contributed by atoms with Gasteiger partial charge in [-0.05, 0) is 44.6 Å². The second-order valence-electron chi connectivity index (χ2n) is 6.89. The topological polar surface area (TPSA) is 39.7 Å². The maximum atomic E-state index is 4.39. The van der Waals surface area contributed by atoms with E-state index in [0.29, 0.717) is 18.1 Å². The first-order valence-corrected chi connectivity index (χ1v) is 9.05. The summed E-state index contributed by atoms with van der Waals surface area (Å²) in [6, 6.07) is 12.5. The maximum absolute atomic E-state index is 4.39. The fraction of sp³-hybridized carbons (Fsp3) is 0.632. The number of aliphatic imine (C=N–C) groups is 1. The van der Waals surface area contributed by atoms with E-state index in [1.54, 1.807) is 0 Å². The molecule has 0 spiro atoms. The van der Waals surface area contributed by atoms with Gasteiger partial charge in [-0.15, -0.1) is 24.0 Å². The molecule has 0 bridgehead atoms. The van der Waals surface area contributed by atoms with Crippen LogP contribution in [-0.4, -0.2) is 43.1 Å². The van der Waals surface area contributed by atoms with Crippen molar-refractivity contribution in [3.8, 4) is 0 Å². The highest BCUT2D eigenvalue weighted by molar-refractivity contribution is 14.0. The Kier molecular flexibility index (Phi) is 7.81. The van der Waals surface area contributed by atoms with E-state index in [9.17, 15) is 0 Å². The molecule has 1 aliphatic heterocycles. The fourth-order valence-electron chi connectivity index (χ4n) is 3.48. The molecule has 2 aliphatic rings. The number of rotatable bonds is 4. The summed E-state index contributed by atoms with van der Waals surface area (Å²) in [5.41, 5.74) is 1.42. The Morgan fingerprint density at radius 3 is 2.12 bits per heavy atom. The van der Waals surface area contributed by atoms with Gasteiger partial charge in [0.2, 0.25) is 0 Å². The van der Waals surface area contributed by atoms with Gasteiger partial charge in [-0.1, -0.05) is 30.3 Å². The lowest BCUT2D eigenvalue weighted by Crippen LogP contribution is -2.52. The van der Waals surface area contributed by atoms with Crippen LogP contribution >= 0.6 is 24.0 Å². The predicted octanol–water partition coefficient (Wildman–Crippen LogP) is 3.55. The summed E-state index contributed by atoms with van der Waals surface area (Å²) in [6.07, 6.45) is 6.29. The van der Waals surface area contributed by atoms with E-state index in [4.69, 9.17) is 0 Å². The molecule has 1 heterocycles. The number of likely N-dealkylation sites (tertiary alicyclic amines) is 1. The third kappa shape index (κ3) is 5.09. The normalized spacial score (nSPS) is 21.5. The van der Waals surface area contributed by atoms with Gasteiger partial charge in [-0.2, -0.15) is 0 Å². The minimum atomic E-state index is 0. The summed E-state index contributed by atoms with van der Waals surface area (Å²) < 4.78 is 0. The Morgan fingerprint density at radius 2 is 1.62 bits per heavy atom. The van der Waals surface area contributed by atoms with Crippen molar-refractivity contribution >= 4 is 29.9 Å². The van der Waals surface area contributed by atoms with Crippen LogP contribution < -0.4 is 10.6 Å². The van der Waals surface area contributed by atoms with Crippen molar-refractivity contribution < 1.29 is 0 Å². The first kappa shape index (κ1) is 19.5. The van der Waals surface area contributed by atoms with Crippen LogP contribution in [0, 0.1) is 0 Å². The van der Waals surface area contributed by atoms with Gasteiger partial charge in [-0.25, -0.2) is 0 Å². The zero-order chi connectivity index (χ0) is 16.1. The molecule has 1 unspecified atom stereocenters. The van der Waals surface area contributed by atoms with Crippen LogP contribution in [0.3, 0.4) is 0 Å². The summed E-state index contributed by atoms with van der Waals surface area (Å²) in [4.78, 5) is 6.98. The molecule has 134 valence electrons. The number of piperidine rings is 1. The molecule has 4 nitrogen and oxygen atoms in total. The van der Waals surface area contributed by atoms with Crippen molar-refractivity contribution in [2.24, 2.45) is 4.99 Å². The Morgan fingerprint density at radius 1 is 1.04 bits per heavy atom. The molecule has 3 rings (SSSR count). The van der Waals surface area contributed by atoms with E-state index in [1.165, 1.54) is 37.7 Å². The van der Waals surface area contributed by atoms with Crippen LogP contribution in [0.1, 0.15) is 50.6 Å². The minimum Gasteiger partial charge on any atom is -0.354 e. The number of hydrogen-bond donors (Lipinski definition) is 2. The molecular weight excluding hydrogens is 411 g/mol. The Bertz CT molecular complexity index is 507. The lowest BCUT2D eigenvalue weighted by atomic mass is 9.93. The Balaban J connectivity index is 0.00000208. The van der Waals surface area contributed by atoms with Crippen LogP contribution in [-0.2, 0) is 0 Å². The van der Waals surface area contributed by atoms with Crippen molar-refractivity contribution in [3.63, 3.8) is 0 Å². The van der Waals surface area contributed by atoms with Crippen LogP contribution in [0.4, 0.5) is 0 Å². The number of guanidine groups is 1. The van der Waals surface area contributed by atoms with Gasteiger partial charge in [-0.3, -0.25) is 9.89 Å². The number of nitrogens with one attached hydrogen (secondary N) is 2. The second-order valence-corrected chi connectivity index (χ2v) is 6.89. The van der Waals surface area contributed by atoms with Crippen LogP contribution in [0.2, 0.25) is 0 Å². The molecule has 1 aromatic carbocycles. The molecule has 2 N–H and O–H groups in total. The van der Waals surface area contributed by atoms with Gasteiger partial charge in [0.1, 0.15) is 0 Å². The first-order chi connectivity index (χ1) is 11.3. The molecule has 24 heavy (non-hydrogen) atoms. The van der Waals surface area contributed by atoms with E-state index >= 15 is 0 Å². The summed E-state index contributed by atoms with van der Waals surface area (Å²) in [5.74, 6) is 0.990. The van der Waals surface area contributed by atoms with Crippen molar-refractivity contribution in [2.75, 3.05) is 20.1 Å². The highest BCUT2D eigenvalue weighted by Crippen LogP contribution is 2.24. The Hall–Kier alpha value is -0.820. The smallest absolute Gasteiger partial charge is 0.191 e. The molecule has 1 saturated carbocycles. The molecular formula is C19H31IN4. The van der Waals surface area contributed by atoms with E-state index in [1.807, 2.05) is 7.05 Å². The molecule has 1 aromatic rings. The quantitative estimate of drug-likeness (QED) is 0.426.